The Labute approximate surface area is 218 Å². The van der Waals surface area contributed by atoms with Gasteiger partial charge in [-0.05, 0) is 57.0 Å². The molecule has 1 fully saturated rings. The van der Waals surface area contributed by atoms with Gasteiger partial charge in [-0.2, -0.15) is 0 Å². The van der Waals surface area contributed by atoms with Crippen molar-refractivity contribution < 1.29 is 14.6 Å². The normalized spacial score (nSPS) is 19.8. The molecule has 0 aliphatic carbocycles. The number of benzene rings is 2. The Morgan fingerprint density at radius 3 is 2.58 bits per heavy atom. The zero-order valence-electron chi connectivity index (χ0n) is 21.7. The van der Waals surface area contributed by atoms with Crippen LogP contribution in [0.3, 0.4) is 0 Å². The minimum Gasteiger partial charge on any atom is -0.508 e. The number of aromatic hydroxyl groups is 1. The molecular weight excluding hydrogens is 470 g/mol. The number of carbonyl (C=O) groups is 1. The lowest BCUT2D eigenvalue weighted by atomic mass is 9.93. The van der Waals surface area contributed by atoms with Gasteiger partial charge in [-0.1, -0.05) is 43.3 Å². The first-order valence-corrected chi connectivity index (χ1v) is 13.8. The molecule has 0 spiro atoms. The van der Waals surface area contributed by atoms with E-state index in [0.29, 0.717) is 18.7 Å². The van der Waals surface area contributed by atoms with E-state index in [1.807, 2.05) is 24.4 Å². The summed E-state index contributed by atoms with van der Waals surface area (Å²) in [5.41, 5.74) is 4.05. The Hall–Kier alpha value is -2.74. The Morgan fingerprint density at radius 1 is 1.11 bits per heavy atom. The molecule has 3 aromatic rings. The number of aromatic nitrogens is 1. The van der Waals surface area contributed by atoms with Crippen molar-refractivity contribution >= 4 is 17.3 Å². The Kier molecular flexibility index (Phi) is 8.77. The van der Waals surface area contributed by atoms with E-state index in [1.54, 1.807) is 17.4 Å². The van der Waals surface area contributed by atoms with Crippen LogP contribution in [0.4, 0.5) is 0 Å². The third-order valence-corrected chi connectivity index (χ3v) is 7.79. The molecule has 1 N–H and O–H groups in total. The molecule has 2 aromatic carbocycles. The minimum atomic E-state index is -0.249. The molecule has 192 valence electrons. The van der Waals surface area contributed by atoms with Gasteiger partial charge in [0.2, 0.25) is 0 Å². The van der Waals surface area contributed by atoms with Gasteiger partial charge in [0.1, 0.15) is 10.8 Å². The summed E-state index contributed by atoms with van der Waals surface area (Å²) in [6.45, 7) is 12.2. The average Bonchev–Trinajstić information content (AvgIpc) is 3.31. The van der Waals surface area contributed by atoms with E-state index in [4.69, 9.17) is 4.74 Å². The van der Waals surface area contributed by atoms with Gasteiger partial charge < -0.3 is 9.84 Å². The summed E-state index contributed by atoms with van der Waals surface area (Å²) in [6.07, 6.45) is 1.36. The van der Waals surface area contributed by atoms with E-state index in [-0.39, 0.29) is 24.2 Å². The smallest absolute Gasteiger partial charge is 0.311 e. The van der Waals surface area contributed by atoms with Gasteiger partial charge in [0.05, 0.1) is 24.8 Å². The third kappa shape index (κ3) is 6.14. The molecule has 3 unspecified atom stereocenters. The highest BCUT2D eigenvalue weighted by Gasteiger charge is 2.34. The van der Waals surface area contributed by atoms with Crippen LogP contribution in [0, 0.1) is 0 Å². The number of ether oxygens (including phenoxy) is 1. The van der Waals surface area contributed by atoms with Crippen LogP contribution in [-0.4, -0.2) is 64.2 Å². The molecule has 36 heavy (non-hydrogen) atoms. The van der Waals surface area contributed by atoms with Crippen LogP contribution >= 0.6 is 11.3 Å². The summed E-state index contributed by atoms with van der Waals surface area (Å²) in [7, 11) is 0. The van der Waals surface area contributed by atoms with Crippen molar-refractivity contribution in [2.24, 2.45) is 0 Å². The first-order valence-electron chi connectivity index (χ1n) is 12.9. The molecule has 6 nitrogen and oxygen atoms in total. The van der Waals surface area contributed by atoms with E-state index in [2.05, 4.69) is 65.9 Å². The van der Waals surface area contributed by atoms with Crippen molar-refractivity contribution in [3.63, 3.8) is 0 Å². The summed E-state index contributed by atoms with van der Waals surface area (Å²) in [4.78, 5) is 21.6. The number of esters is 1. The van der Waals surface area contributed by atoms with Crippen molar-refractivity contribution in [2.45, 2.75) is 58.7 Å². The number of phenolic OH excluding ortho intramolecular Hbond substituents is 1. The van der Waals surface area contributed by atoms with Gasteiger partial charge in [-0.15, -0.1) is 11.3 Å². The van der Waals surface area contributed by atoms with Crippen LogP contribution in [0.5, 0.6) is 5.75 Å². The average molecular weight is 508 g/mol. The Balaban J connectivity index is 1.60. The summed E-state index contributed by atoms with van der Waals surface area (Å²) in [6, 6.07) is 17.1. The van der Waals surface area contributed by atoms with Crippen LogP contribution in [0.1, 0.15) is 57.0 Å². The molecular formula is C29H37N3O3S. The number of nitrogens with zero attached hydrogens (tertiary/aromatic N) is 3. The molecule has 0 saturated carbocycles. The summed E-state index contributed by atoms with van der Waals surface area (Å²) >= 11 is 1.54. The zero-order valence-corrected chi connectivity index (χ0v) is 22.5. The maximum atomic E-state index is 11.8. The van der Waals surface area contributed by atoms with E-state index < -0.39 is 0 Å². The first-order chi connectivity index (χ1) is 17.4. The minimum absolute atomic E-state index is 0.0445. The molecule has 2 heterocycles. The van der Waals surface area contributed by atoms with E-state index >= 15 is 0 Å². The zero-order chi connectivity index (χ0) is 25.7. The van der Waals surface area contributed by atoms with Gasteiger partial charge in [0, 0.05) is 36.1 Å². The van der Waals surface area contributed by atoms with Gasteiger partial charge in [0.15, 0.2) is 0 Å². The molecule has 1 aromatic heterocycles. The fourth-order valence-corrected chi connectivity index (χ4v) is 5.97. The van der Waals surface area contributed by atoms with E-state index in [9.17, 15) is 9.90 Å². The highest BCUT2D eigenvalue weighted by atomic mass is 32.1. The fraction of sp³-hybridized carbons (Fsp3) is 0.448. The quantitative estimate of drug-likeness (QED) is 0.385. The third-order valence-electron chi connectivity index (χ3n) is 6.85. The van der Waals surface area contributed by atoms with Crippen LogP contribution in [0.25, 0.3) is 10.6 Å². The van der Waals surface area contributed by atoms with Crippen molar-refractivity contribution in [2.75, 3.05) is 26.2 Å². The highest BCUT2D eigenvalue weighted by Crippen LogP contribution is 2.36. The Bertz CT molecular complexity index is 1150. The topological polar surface area (TPSA) is 65.9 Å². The Morgan fingerprint density at radius 2 is 1.89 bits per heavy atom. The van der Waals surface area contributed by atoms with E-state index in [0.717, 1.165) is 47.9 Å². The molecule has 0 amide bonds. The second kappa shape index (κ2) is 12.0. The lowest BCUT2D eigenvalue weighted by Crippen LogP contribution is -2.57. The molecule has 4 rings (SSSR count). The number of carbonyl (C=O) groups excluding carboxylic acids is 1. The first kappa shape index (κ1) is 26.3. The SMILES string of the molecule is CCCN1CC(C)N(C(c2ccc(-c3nc(CC(=O)OCC)cs3)cc2)c2cccc(O)c2)CC1C. The molecule has 1 saturated heterocycles. The van der Waals surface area contributed by atoms with Crippen LogP contribution in [0.2, 0.25) is 0 Å². The van der Waals surface area contributed by atoms with Crippen molar-refractivity contribution in [1.29, 1.82) is 0 Å². The largest absolute Gasteiger partial charge is 0.508 e. The lowest BCUT2D eigenvalue weighted by Gasteiger charge is -2.47. The standard InChI is InChI=1S/C29H37N3O3S/c1-5-14-31-17-21(4)32(18-20(31)3)28(24-8-7-9-26(33)15-24)22-10-12-23(13-11-22)29-30-25(19-36-29)16-27(34)35-6-2/h7-13,15,19-21,28,33H,5-6,14,16-18H2,1-4H3. The van der Waals surface area contributed by atoms with Crippen LogP contribution in [0.15, 0.2) is 53.9 Å². The number of rotatable bonds is 9. The maximum absolute atomic E-state index is 11.8. The number of hydrogen-bond acceptors (Lipinski definition) is 7. The van der Waals surface area contributed by atoms with Gasteiger partial charge >= 0.3 is 5.97 Å². The molecule has 7 heteroatoms. The number of piperazine rings is 1. The van der Waals surface area contributed by atoms with Crippen molar-refractivity contribution in [3.05, 3.63) is 70.7 Å². The monoisotopic (exact) mass is 507 g/mol. The molecule has 0 bridgehead atoms. The highest BCUT2D eigenvalue weighted by molar-refractivity contribution is 7.13. The predicted molar refractivity (Wildman–Crippen MR) is 145 cm³/mol. The van der Waals surface area contributed by atoms with Crippen molar-refractivity contribution in [3.8, 4) is 16.3 Å². The molecule has 1 aliphatic heterocycles. The van der Waals surface area contributed by atoms with Crippen LogP contribution in [-0.2, 0) is 16.0 Å². The van der Waals surface area contributed by atoms with Gasteiger partial charge in [-0.25, -0.2) is 4.98 Å². The van der Waals surface area contributed by atoms with Crippen molar-refractivity contribution in [1.82, 2.24) is 14.8 Å². The van der Waals surface area contributed by atoms with Gasteiger partial charge in [-0.3, -0.25) is 14.6 Å². The molecule has 0 radical (unpaired) electrons. The fourth-order valence-electron chi connectivity index (χ4n) is 5.14. The predicted octanol–water partition coefficient (Wildman–Crippen LogP) is 5.52. The van der Waals surface area contributed by atoms with Gasteiger partial charge in [0.25, 0.3) is 0 Å². The number of hydrogen-bond donors (Lipinski definition) is 1. The van der Waals surface area contributed by atoms with Crippen LogP contribution < -0.4 is 0 Å². The lowest BCUT2D eigenvalue weighted by molar-refractivity contribution is -0.142. The molecule has 1 aliphatic rings. The number of thiazole rings is 1. The second-order valence-electron chi connectivity index (χ2n) is 9.64. The number of phenols is 1. The summed E-state index contributed by atoms with van der Waals surface area (Å²) in [5.74, 6) is 0.0393. The summed E-state index contributed by atoms with van der Waals surface area (Å²) in [5, 5.41) is 13.1. The molecule has 3 atom stereocenters. The summed E-state index contributed by atoms with van der Waals surface area (Å²) < 4.78 is 5.05. The van der Waals surface area contributed by atoms with E-state index in [1.165, 1.54) is 5.56 Å². The second-order valence-corrected chi connectivity index (χ2v) is 10.5. The maximum Gasteiger partial charge on any atom is 0.311 e.